The van der Waals surface area contributed by atoms with E-state index in [2.05, 4.69) is 10.6 Å². The minimum atomic E-state index is -0.619. The lowest BCUT2D eigenvalue weighted by Gasteiger charge is -2.14. The monoisotopic (exact) mass is 483 g/mol. The van der Waals surface area contributed by atoms with Gasteiger partial charge in [-0.05, 0) is 43.6 Å². The number of hydrogen-bond acceptors (Lipinski definition) is 6. The predicted molar refractivity (Wildman–Crippen MR) is 133 cm³/mol. The lowest BCUT2D eigenvalue weighted by Crippen LogP contribution is -2.35. The molecule has 2 amide bonds. The number of pyridine rings is 1. The van der Waals surface area contributed by atoms with Gasteiger partial charge in [-0.25, -0.2) is 0 Å². The van der Waals surface area contributed by atoms with Gasteiger partial charge in [-0.1, -0.05) is 18.2 Å². The number of carbonyl (C=O) groups is 2. The minimum absolute atomic E-state index is 0.0828. The van der Waals surface area contributed by atoms with Gasteiger partial charge in [0, 0.05) is 24.5 Å². The van der Waals surface area contributed by atoms with Crippen molar-refractivity contribution in [2.24, 2.45) is 0 Å². The number of para-hydroxylation sites is 1. The van der Waals surface area contributed by atoms with Gasteiger partial charge < -0.3 is 24.4 Å². The minimum Gasteiger partial charge on any atom is -0.496 e. The Bertz CT molecular complexity index is 1200. The normalized spacial score (nSPS) is 10.7. The van der Waals surface area contributed by atoms with Crippen molar-refractivity contribution in [3.8, 4) is 5.75 Å². The summed E-state index contributed by atoms with van der Waals surface area (Å²) in [6, 6.07) is 11.0. The van der Waals surface area contributed by atoms with E-state index in [0.717, 1.165) is 23.5 Å². The summed E-state index contributed by atoms with van der Waals surface area (Å²) in [6.45, 7) is 2.70. The molecule has 3 aromatic rings. The lowest BCUT2D eigenvalue weighted by molar-refractivity contribution is 0.0945. The number of nitrogens with one attached hydrogen (secondary N) is 2. The predicted octanol–water partition coefficient (Wildman–Crippen LogP) is 3.22. The van der Waals surface area contributed by atoms with E-state index >= 15 is 0 Å². The number of furan rings is 1. The second-order valence-electron chi connectivity index (χ2n) is 7.70. The van der Waals surface area contributed by atoms with Gasteiger partial charge in [0.15, 0.2) is 0 Å². The number of amides is 2. The molecule has 0 saturated heterocycles. The van der Waals surface area contributed by atoms with Crippen LogP contribution in [0.25, 0.3) is 0 Å². The van der Waals surface area contributed by atoms with E-state index in [1.54, 1.807) is 35.6 Å². The largest absolute Gasteiger partial charge is 0.496 e. The zero-order chi connectivity index (χ0) is 24.5. The topological polar surface area (TPSA) is 103 Å². The van der Waals surface area contributed by atoms with Crippen LogP contribution < -0.4 is 20.8 Å². The van der Waals surface area contributed by atoms with Crippen LogP contribution in [0.2, 0.25) is 0 Å². The third-order valence-corrected chi connectivity index (χ3v) is 5.84. The van der Waals surface area contributed by atoms with Crippen LogP contribution in [-0.4, -0.2) is 42.0 Å². The molecule has 0 spiro atoms. The molecule has 0 radical (unpaired) electrons. The molecule has 0 aliphatic heterocycles. The number of ether oxygens (including phenoxy) is 1. The summed E-state index contributed by atoms with van der Waals surface area (Å²) in [5.74, 6) is 1.78. The Labute approximate surface area is 202 Å². The Morgan fingerprint density at radius 1 is 1.06 bits per heavy atom. The molecule has 34 heavy (non-hydrogen) atoms. The van der Waals surface area contributed by atoms with Crippen molar-refractivity contribution in [1.29, 1.82) is 0 Å². The third-order valence-electron chi connectivity index (χ3n) is 5.14. The van der Waals surface area contributed by atoms with E-state index in [0.29, 0.717) is 24.6 Å². The Balaban J connectivity index is 1.90. The number of aromatic nitrogens is 1. The molecule has 0 aliphatic rings. The van der Waals surface area contributed by atoms with Crippen LogP contribution in [0.5, 0.6) is 5.75 Å². The van der Waals surface area contributed by atoms with Gasteiger partial charge in [0.05, 0.1) is 20.2 Å². The number of hydrogen-bond donors (Lipinski definition) is 2. The maximum Gasteiger partial charge on any atom is 0.257 e. The standard InChI is InChI=1S/C25H29N3O5S/c1-17-9-10-19(33-17)13-27-25(31)21-16-28(14-18-7-4-5-8-22(18)32-2)15-20(23(21)29)24(30)26-11-6-12-34-3/h4-5,7-10,15-16H,6,11-14H2,1-3H3,(H,26,30)(H,27,31). The summed E-state index contributed by atoms with van der Waals surface area (Å²) in [5.41, 5.74) is 0.0275. The first-order valence-corrected chi connectivity index (χ1v) is 12.3. The lowest BCUT2D eigenvalue weighted by atomic mass is 10.1. The average molecular weight is 484 g/mol. The Morgan fingerprint density at radius 3 is 2.41 bits per heavy atom. The summed E-state index contributed by atoms with van der Waals surface area (Å²) >= 11 is 1.68. The highest BCUT2D eigenvalue weighted by atomic mass is 32.2. The van der Waals surface area contributed by atoms with Crippen molar-refractivity contribution in [3.63, 3.8) is 0 Å². The van der Waals surface area contributed by atoms with E-state index in [1.165, 1.54) is 12.4 Å². The van der Waals surface area contributed by atoms with E-state index in [-0.39, 0.29) is 17.7 Å². The fourth-order valence-corrected chi connectivity index (χ4v) is 3.87. The van der Waals surface area contributed by atoms with E-state index in [4.69, 9.17) is 9.15 Å². The molecule has 0 fully saturated rings. The summed E-state index contributed by atoms with van der Waals surface area (Å²) in [6.07, 6.45) is 5.71. The number of nitrogens with zero attached hydrogens (tertiary/aromatic N) is 1. The van der Waals surface area contributed by atoms with Gasteiger partial charge in [-0.2, -0.15) is 11.8 Å². The van der Waals surface area contributed by atoms with Crippen LogP contribution in [0.1, 0.15) is 44.2 Å². The molecular weight excluding hydrogens is 454 g/mol. The number of thioether (sulfide) groups is 1. The first-order valence-electron chi connectivity index (χ1n) is 10.9. The van der Waals surface area contributed by atoms with Crippen molar-refractivity contribution in [3.05, 3.63) is 87.2 Å². The molecule has 0 bridgehead atoms. The number of aryl methyl sites for hydroxylation is 1. The molecule has 1 aromatic carbocycles. The number of rotatable bonds is 11. The molecule has 9 heteroatoms. The quantitative estimate of drug-likeness (QED) is 0.406. The van der Waals surface area contributed by atoms with E-state index < -0.39 is 17.2 Å². The zero-order valence-corrected chi connectivity index (χ0v) is 20.4. The van der Waals surface area contributed by atoms with Gasteiger partial charge in [0.25, 0.3) is 11.8 Å². The second-order valence-corrected chi connectivity index (χ2v) is 8.68. The maximum absolute atomic E-state index is 13.1. The number of benzene rings is 1. The molecular formula is C25H29N3O5S. The number of carbonyl (C=O) groups excluding carboxylic acids is 2. The summed E-state index contributed by atoms with van der Waals surface area (Å²) in [7, 11) is 1.58. The Hall–Kier alpha value is -3.46. The van der Waals surface area contributed by atoms with Crippen molar-refractivity contribution >= 4 is 23.6 Å². The highest BCUT2D eigenvalue weighted by molar-refractivity contribution is 7.98. The molecule has 3 rings (SSSR count). The number of methoxy groups -OCH3 is 1. The van der Waals surface area contributed by atoms with Crippen molar-refractivity contribution in [2.75, 3.05) is 25.7 Å². The van der Waals surface area contributed by atoms with Crippen LogP contribution in [-0.2, 0) is 13.1 Å². The molecule has 0 aliphatic carbocycles. The van der Waals surface area contributed by atoms with Gasteiger partial charge >= 0.3 is 0 Å². The SMILES string of the molecule is COc1ccccc1Cn1cc(C(=O)NCCCSC)c(=O)c(C(=O)NCc2ccc(C)o2)c1. The molecule has 2 N–H and O–H groups in total. The van der Waals surface area contributed by atoms with Crippen LogP contribution in [0.3, 0.4) is 0 Å². The van der Waals surface area contributed by atoms with Gasteiger partial charge in [0.2, 0.25) is 5.43 Å². The maximum atomic E-state index is 13.1. The zero-order valence-electron chi connectivity index (χ0n) is 19.6. The summed E-state index contributed by atoms with van der Waals surface area (Å²) < 4.78 is 12.5. The van der Waals surface area contributed by atoms with Crippen molar-refractivity contribution in [2.45, 2.75) is 26.4 Å². The smallest absolute Gasteiger partial charge is 0.257 e. The third kappa shape index (κ3) is 6.54. The Kier molecular flexibility index (Phi) is 8.98. The molecule has 2 aromatic heterocycles. The van der Waals surface area contributed by atoms with Crippen LogP contribution in [0.15, 0.2) is 58.0 Å². The highest BCUT2D eigenvalue weighted by Crippen LogP contribution is 2.18. The van der Waals surface area contributed by atoms with Crippen molar-refractivity contribution in [1.82, 2.24) is 15.2 Å². The van der Waals surface area contributed by atoms with Gasteiger partial charge in [-0.3, -0.25) is 14.4 Å². The second kappa shape index (κ2) is 12.1. The summed E-state index contributed by atoms with van der Waals surface area (Å²) in [4.78, 5) is 38.8. The molecule has 0 saturated carbocycles. The van der Waals surface area contributed by atoms with Crippen molar-refractivity contribution < 1.29 is 18.7 Å². The first kappa shape index (κ1) is 25.2. The fourth-order valence-electron chi connectivity index (χ4n) is 3.43. The molecule has 0 atom stereocenters. The first-order chi connectivity index (χ1) is 16.4. The van der Waals surface area contributed by atoms with Crippen LogP contribution >= 0.6 is 11.8 Å². The van der Waals surface area contributed by atoms with Crippen LogP contribution in [0.4, 0.5) is 0 Å². The molecule has 2 heterocycles. The van der Waals surface area contributed by atoms with E-state index in [1.807, 2.05) is 37.4 Å². The molecule has 180 valence electrons. The molecule has 0 unspecified atom stereocenters. The van der Waals surface area contributed by atoms with Gasteiger partial charge in [-0.15, -0.1) is 0 Å². The highest BCUT2D eigenvalue weighted by Gasteiger charge is 2.20. The fraction of sp³-hybridized carbons (Fsp3) is 0.320. The Morgan fingerprint density at radius 2 is 1.76 bits per heavy atom. The summed E-state index contributed by atoms with van der Waals surface area (Å²) in [5, 5.41) is 5.48. The van der Waals surface area contributed by atoms with Gasteiger partial charge in [0.1, 0.15) is 28.4 Å². The van der Waals surface area contributed by atoms with E-state index in [9.17, 15) is 14.4 Å². The van der Waals surface area contributed by atoms with Crippen LogP contribution in [0, 0.1) is 6.92 Å². The average Bonchev–Trinajstić information content (AvgIpc) is 3.26. The molecule has 8 nitrogen and oxygen atoms in total.